The van der Waals surface area contributed by atoms with Crippen LogP contribution >= 0.6 is 0 Å². The number of nitrogens with zero attached hydrogens (tertiary/aromatic N) is 2. The van der Waals surface area contributed by atoms with Crippen molar-refractivity contribution >= 4 is 16.7 Å². The van der Waals surface area contributed by atoms with Crippen molar-refractivity contribution in [3.63, 3.8) is 0 Å². The van der Waals surface area contributed by atoms with Gasteiger partial charge < -0.3 is 5.73 Å². The van der Waals surface area contributed by atoms with Crippen molar-refractivity contribution in [2.45, 2.75) is 0 Å². The van der Waals surface area contributed by atoms with Crippen molar-refractivity contribution in [1.82, 2.24) is 10.3 Å². The number of rotatable bonds is 0. The molecule has 0 amide bonds. The second kappa shape index (κ2) is 5.98. The lowest BCUT2D eigenvalue weighted by Crippen LogP contribution is -2.25. The fourth-order valence-corrected chi connectivity index (χ4v) is 1.09. The number of nitrogens with one attached hydrogen (secondary N) is 2. The van der Waals surface area contributed by atoms with Gasteiger partial charge in [-0.05, 0) is 16.8 Å². The van der Waals surface area contributed by atoms with Crippen LogP contribution in [-0.2, 0) is 0 Å². The Kier molecular flexibility index (Phi) is 4.29. The Labute approximate surface area is 93.0 Å². The molecule has 2 rings (SSSR count). The molecule has 16 heavy (non-hydrogen) atoms. The van der Waals surface area contributed by atoms with Gasteiger partial charge in [0.25, 0.3) is 0 Å². The molecule has 1 heterocycles. The standard InChI is InChI=1S/C9H7N.C2H4N4/c1-2-4-9-7-10-6-5-8(9)3-1;3-1-6-2(4)5/h1-7H;(H4,4,5,6). The Morgan fingerprint density at radius 3 is 2.50 bits per heavy atom. The highest BCUT2D eigenvalue weighted by Crippen LogP contribution is 2.09. The van der Waals surface area contributed by atoms with E-state index in [4.69, 9.17) is 10.7 Å². The molecule has 5 nitrogen and oxygen atoms in total. The number of pyridine rings is 1. The minimum Gasteiger partial charge on any atom is -0.369 e. The molecule has 0 unspecified atom stereocenters. The zero-order valence-electron chi connectivity index (χ0n) is 8.51. The maximum atomic E-state index is 7.65. The van der Waals surface area contributed by atoms with Crippen LogP contribution in [0.4, 0.5) is 0 Å². The third-order valence-corrected chi connectivity index (χ3v) is 1.74. The summed E-state index contributed by atoms with van der Waals surface area (Å²) in [7, 11) is 0. The number of aromatic nitrogens is 1. The molecule has 0 saturated carbocycles. The SMILES string of the molecule is N#CNC(=N)N.c1ccc2cnccc2c1. The third-order valence-electron chi connectivity index (χ3n) is 1.74. The summed E-state index contributed by atoms with van der Waals surface area (Å²) >= 11 is 0. The number of hydrogen-bond acceptors (Lipinski definition) is 3. The average molecular weight is 213 g/mol. The van der Waals surface area contributed by atoms with Crippen molar-refractivity contribution < 1.29 is 0 Å². The van der Waals surface area contributed by atoms with Crippen LogP contribution < -0.4 is 11.1 Å². The van der Waals surface area contributed by atoms with Crippen LogP contribution in [0.1, 0.15) is 0 Å². The predicted octanol–water partition coefficient (Wildman–Crippen LogP) is 1.19. The van der Waals surface area contributed by atoms with Crippen molar-refractivity contribution in [2.75, 3.05) is 0 Å². The van der Waals surface area contributed by atoms with Gasteiger partial charge in [-0.15, -0.1) is 0 Å². The minimum atomic E-state index is -0.322. The molecule has 0 aliphatic carbocycles. The molecule has 0 spiro atoms. The summed E-state index contributed by atoms with van der Waals surface area (Å²) in [5, 5.41) is 18.3. The number of fused-ring (bicyclic) bond motifs is 1. The topological polar surface area (TPSA) is 98.6 Å². The second-order valence-corrected chi connectivity index (χ2v) is 2.87. The molecule has 0 radical (unpaired) electrons. The zero-order valence-corrected chi connectivity index (χ0v) is 8.51. The van der Waals surface area contributed by atoms with Crippen LogP contribution in [0.15, 0.2) is 42.7 Å². The summed E-state index contributed by atoms with van der Waals surface area (Å²) < 4.78 is 0. The van der Waals surface area contributed by atoms with Crippen molar-refractivity contribution in [3.8, 4) is 6.19 Å². The lowest BCUT2D eigenvalue weighted by molar-refractivity contribution is 1.19. The molecular weight excluding hydrogens is 202 g/mol. The van der Waals surface area contributed by atoms with Crippen molar-refractivity contribution in [3.05, 3.63) is 42.7 Å². The van der Waals surface area contributed by atoms with E-state index in [1.54, 1.807) is 0 Å². The third kappa shape index (κ3) is 3.64. The monoisotopic (exact) mass is 213 g/mol. The first-order valence-corrected chi connectivity index (χ1v) is 4.52. The Hall–Kier alpha value is -2.61. The van der Waals surface area contributed by atoms with E-state index in [0.29, 0.717) is 0 Å². The largest absolute Gasteiger partial charge is 0.369 e. The first kappa shape index (κ1) is 11.5. The van der Waals surface area contributed by atoms with Gasteiger partial charge in [0.1, 0.15) is 0 Å². The van der Waals surface area contributed by atoms with Gasteiger partial charge >= 0.3 is 0 Å². The van der Waals surface area contributed by atoms with E-state index in [1.165, 1.54) is 17.0 Å². The van der Waals surface area contributed by atoms with Crippen LogP contribution in [0.25, 0.3) is 10.8 Å². The van der Waals surface area contributed by atoms with E-state index in [2.05, 4.69) is 22.9 Å². The van der Waals surface area contributed by atoms with E-state index in [9.17, 15) is 0 Å². The second-order valence-electron chi connectivity index (χ2n) is 2.87. The molecule has 0 fully saturated rings. The predicted molar refractivity (Wildman–Crippen MR) is 62.4 cm³/mol. The summed E-state index contributed by atoms with van der Waals surface area (Å²) in [6, 6.07) is 10.2. The van der Waals surface area contributed by atoms with Gasteiger partial charge in [-0.2, -0.15) is 5.26 Å². The molecular formula is C11H11N5. The van der Waals surface area contributed by atoms with Gasteiger partial charge in [-0.25, -0.2) is 0 Å². The Balaban J connectivity index is 0.000000187. The fourth-order valence-electron chi connectivity index (χ4n) is 1.09. The molecule has 0 saturated heterocycles. The molecule has 0 bridgehead atoms. The summed E-state index contributed by atoms with van der Waals surface area (Å²) in [6.07, 6.45) is 5.15. The summed E-state index contributed by atoms with van der Waals surface area (Å²) in [5.41, 5.74) is 4.65. The van der Waals surface area contributed by atoms with Gasteiger partial charge in [0.15, 0.2) is 12.2 Å². The maximum absolute atomic E-state index is 7.65. The fraction of sp³-hybridized carbons (Fsp3) is 0. The molecule has 80 valence electrons. The van der Waals surface area contributed by atoms with E-state index in [-0.39, 0.29) is 5.96 Å². The van der Waals surface area contributed by atoms with Crippen LogP contribution in [0, 0.1) is 16.9 Å². The van der Waals surface area contributed by atoms with Crippen LogP contribution in [0.5, 0.6) is 0 Å². The van der Waals surface area contributed by atoms with Crippen LogP contribution in [0.3, 0.4) is 0 Å². The van der Waals surface area contributed by atoms with Gasteiger partial charge in [-0.1, -0.05) is 24.3 Å². The van der Waals surface area contributed by atoms with Crippen LogP contribution in [-0.4, -0.2) is 10.9 Å². The quantitative estimate of drug-likeness (QED) is 0.265. The maximum Gasteiger partial charge on any atom is 0.199 e. The van der Waals surface area contributed by atoms with Gasteiger partial charge in [0.2, 0.25) is 0 Å². The number of hydrogen-bond donors (Lipinski definition) is 3. The smallest absolute Gasteiger partial charge is 0.199 e. The summed E-state index contributed by atoms with van der Waals surface area (Å²) in [5.74, 6) is -0.322. The number of guanidine groups is 1. The van der Waals surface area contributed by atoms with E-state index in [0.717, 1.165) is 0 Å². The first-order valence-electron chi connectivity index (χ1n) is 4.52. The summed E-state index contributed by atoms with van der Waals surface area (Å²) in [6.45, 7) is 0. The minimum absolute atomic E-state index is 0.322. The molecule has 4 N–H and O–H groups in total. The Bertz CT molecular complexity index is 450. The lowest BCUT2D eigenvalue weighted by atomic mass is 10.2. The molecule has 0 atom stereocenters. The van der Waals surface area contributed by atoms with Crippen LogP contribution in [0.2, 0.25) is 0 Å². The average Bonchev–Trinajstić information content (AvgIpc) is 2.30. The van der Waals surface area contributed by atoms with Crippen molar-refractivity contribution in [2.24, 2.45) is 5.73 Å². The highest BCUT2D eigenvalue weighted by Gasteiger charge is 1.86. The molecule has 5 heteroatoms. The number of nitriles is 1. The molecule has 0 aliphatic rings. The van der Waals surface area contributed by atoms with E-state index in [1.807, 2.05) is 35.9 Å². The molecule has 2 aromatic rings. The Morgan fingerprint density at radius 2 is 2.00 bits per heavy atom. The number of nitrogens with two attached hydrogens (primary N) is 1. The zero-order chi connectivity index (χ0) is 11.8. The highest BCUT2D eigenvalue weighted by atomic mass is 15.0. The molecule has 0 aliphatic heterocycles. The van der Waals surface area contributed by atoms with Gasteiger partial charge in [0.05, 0.1) is 0 Å². The van der Waals surface area contributed by atoms with E-state index >= 15 is 0 Å². The normalized spacial score (nSPS) is 8.44. The lowest BCUT2D eigenvalue weighted by Gasteiger charge is -1.91. The Morgan fingerprint density at radius 1 is 1.31 bits per heavy atom. The van der Waals surface area contributed by atoms with E-state index < -0.39 is 0 Å². The van der Waals surface area contributed by atoms with Gasteiger partial charge in [-0.3, -0.25) is 15.7 Å². The van der Waals surface area contributed by atoms with Crippen molar-refractivity contribution in [1.29, 1.82) is 10.7 Å². The number of benzene rings is 1. The van der Waals surface area contributed by atoms with Gasteiger partial charge in [0, 0.05) is 12.4 Å². The molecule has 1 aromatic carbocycles. The first-order chi connectivity index (χ1) is 7.74. The molecule has 1 aromatic heterocycles. The summed E-state index contributed by atoms with van der Waals surface area (Å²) in [4.78, 5) is 4.01. The highest BCUT2D eigenvalue weighted by molar-refractivity contribution is 5.80.